The molecule has 0 saturated heterocycles. The molecule has 2 N–H and O–H groups in total. The minimum Gasteiger partial charge on any atom is -0.330 e. The summed E-state index contributed by atoms with van der Waals surface area (Å²) in [6.45, 7) is 8.61. The normalized spacial score (nSPS) is 15.3. The van der Waals surface area contributed by atoms with E-state index < -0.39 is 0 Å². The lowest BCUT2D eigenvalue weighted by Gasteiger charge is -2.22. The van der Waals surface area contributed by atoms with E-state index in [1.54, 1.807) is 0 Å². The molecule has 17 heavy (non-hydrogen) atoms. The molecule has 0 heterocycles. The average molecular weight is 240 g/mol. The number of aliphatic imine (C=N–C) groups is 1. The van der Waals surface area contributed by atoms with Crippen molar-refractivity contribution in [2.75, 3.05) is 13.1 Å². The van der Waals surface area contributed by atoms with Gasteiger partial charge in [0.15, 0.2) is 0 Å². The molecule has 0 aromatic carbocycles. The summed E-state index contributed by atoms with van der Waals surface area (Å²) in [6, 6.07) is 0. The summed E-state index contributed by atoms with van der Waals surface area (Å²) in [5.74, 6) is 1.49. The second-order valence-electron chi connectivity index (χ2n) is 5.13. The quantitative estimate of drug-likeness (QED) is 0.429. The Bertz CT molecular complexity index is 178. The number of hydrogen-bond donors (Lipinski definition) is 1. The van der Waals surface area contributed by atoms with Crippen LogP contribution in [-0.2, 0) is 0 Å². The van der Waals surface area contributed by atoms with Crippen LogP contribution in [0.25, 0.3) is 0 Å². The van der Waals surface area contributed by atoms with Gasteiger partial charge < -0.3 is 5.73 Å². The molecule has 0 aliphatic carbocycles. The Kier molecular flexibility index (Phi) is 11.8. The van der Waals surface area contributed by atoms with E-state index >= 15 is 0 Å². The third kappa shape index (κ3) is 9.34. The van der Waals surface area contributed by atoms with Crippen LogP contribution in [0.15, 0.2) is 4.99 Å². The fraction of sp³-hybridized carbons (Fsp3) is 0.933. The van der Waals surface area contributed by atoms with Crippen LogP contribution in [0.2, 0.25) is 0 Å². The van der Waals surface area contributed by atoms with Gasteiger partial charge in [-0.3, -0.25) is 4.99 Å². The summed E-state index contributed by atoms with van der Waals surface area (Å²) in [4.78, 5) is 4.35. The lowest BCUT2D eigenvalue weighted by Crippen LogP contribution is -2.21. The molecule has 2 heteroatoms. The lowest BCUT2D eigenvalue weighted by atomic mass is 9.86. The van der Waals surface area contributed by atoms with Crippen molar-refractivity contribution in [3.63, 3.8) is 0 Å². The highest BCUT2D eigenvalue weighted by Crippen LogP contribution is 2.22. The van der Waals surface area contributed by atoms with Crippen LogP contribution in [0.3, 0.4) is 0 Å². The first-order valence-corrected chi connectivity index (χ1v) is 7.44. The van der Waals surface area contributed by atoms with Crippen molar-refractivity contribution >= 4 is 6.21 Å². The van der Waals surface area contributed by atoms with Gasteiger partial charge in [-0.25, -0.2) is 0 Å². The molecule has 2 nitrogen and oxygen atoms in total. The molecular formula is C15H32N2. The molecule has 0 spiro atoms. The fourth-order valence-corrected chi connectivity index (χ4v) is 2.18. The van der Waals surface area contributed by atoms with Gasteiger partial charge in [-0.15, -0.1) is 0 Å². The lowest BCUT2D eigenvalue weighted by molar-refractivity contribution is 0.314. The average Bonchev–Trinajstić information content (AvgIpc) is 2.35. The predicted octanol–water partition coefficient (Wildman–Crippen LogP) is 4.04. The minimum absolute atomic E-state index is 0.709. The Balaban J connectivity index is 3.66. The Morgan fingerprint density at radius 1 is 1.12 bits per heavy atom. The van der Waals surface area contributed by atoms with Gasteiger partial charge in [0.25, 0.3) is 0 Å². The van der Waals surface area contributed by atoms with Crippen molar-refractivity contribution in [1.29, 1.82) is 0 Å². The zero-order chi connectivity index (χ0) is 12.9. The molecule has 0 aliphatic heterocycles. The van der Waals surface area contributed by atoms with Crippen LogP contribution >= 0.6 is 0 Å². The van der Waals surface area contributed by atoms with Crippen molar-refractivity contribution < 1.29 is 0 Å². The maximum atomic E-state index is 5.87. The first-order chi connectivity index (χ1) is 8.26. The van der Waals surface area contributed by atoms with Crippen molar-refractivity contribution in [2.24, 2.45) is 22.6 Å². The summed E-state index contributed by atoms with van der Waals surface area (Å²) >= 11 is 0. The standard InChI is InChI=1S/C15H32N2/c1-4-6-9-14(3)15(13-16)10-7-8-12-17-11-5-2/h12,14-15H,4-11,13,16H2,1-3H3. The fourth-order valence-electron chi connectivity index (χ4n) is 2.18. The van der Waals surface area contributed by atoms with Gasteiger partial charge in [-0.05, 0) is 50.3 Å². The van der Waals surface area contributed by atoms with Crippen LogP contribution in [0.4, 0.5) is 0 Å². The molecule has 0 aromatic rings. The van der Waals surface area contributed by atoms with Crippen LogP contribution < -0.4 is 5.73 Å². The Labute approximate surface area is 108 Å². The van der Waals surface area contributed by atoms with E-state index in [0.717, 1.165) is 31.8 Å². The van der Waals surface area contributed by atoms with Gasteiger partial charge in [0.2, 0.25) is 0 Å². The summed E-state index contributed by atoms with van der Waals surface area (Å²) in [5, 5.41) is 0. The predicted molar refractivity (Wildman–Crippen MR) is 78.7 cm³/mol. The van der Waals surface area contributed by atoms with Crippen molar-refractivity contribution in [1.82, 2.24) is 0 Å². The first kappa shape index (κ1) is 16.6. The highest BCUT2D eigenvalue weighted by atomic mass is 14.7. The minimum atomic E-state index is 0.709. The third-order valence-corrected chi connectivity index (χ3v) is 3.51. The molecule has 0 saturated carbocycles. The maximum Gasteiger partial charge on any atom is 0.0382 e. The molecule has 0 rings (SSSR count). The smallest absolute Gasteiger partial charge is 0.0382 e. The second kappa shape index (κ2) is 12.1. The van der Waals surface area contributed by atoms with E-state index in [4.69, 9.17) is 5.73 Å². The number of unbranched alkanes of at least 4 members (excludes halogenated alkanes) is 2. The number of rotatable bonds is 11. The van der Waals surface area contributed by atoms with E-state index in [2.05, 4.69) is 32.0 Å². The SMILES string of the molecule is CCCCC(C)C(CN)CCCC=NCCC. The van der Waals surface area contributed by atoms with Gasteiger partial charge in [-0.2, -0.15) is 0 Å². The summed E-state index contributed by atoms with van der Waals surface area (Å²) in [6.07, 6.45) is 10.8. The zero-order valence-corrected chi connectivity index (χ0v) is 12.1. The molecule has 0 radical (unpaired) electrons. The van der Waals surface area contributed by atoms with E-state index in [-0.39, 0.29) is 0 Å². The van der Waals surface area contributed by atoms with Gasteiger partial charge >= 0.3 is 0 Å². The summed E-state index contributed by atoms with van der Waals surface area (Å²) in [7, 11) is 0. The van der Waals surface area contributed by atoms with Crippen molar-refractivity contribution in [3.8, 4) is 0 Å². The Morgan fingerprint density at radius 2 is 1.88 bits per heavy atom. The molecule has 0 amide bonds. The highest BCUT2D eigenvalue weighted by Gasteiger charge is 2.14. The topological polar surface area (TPSA) is 38.4 Å². The van der Waals surface area contributed by atoms with E-state index in [1.807, 2.05) is 0 Å². The van der Waals surface area contributed by atoms with Crippen LogP contribution in [0.1, 0.15) is 65.7 Å². The first-order valence-electron chi connectivity index (χ1n) is 7.44. The Morgan fingerprint density at radius 3 is 2.47 bits per heavy atom. The molecule has 0 bridgehead atoms. The zero-order valence-electron chi connectivity index (χ0n) is 12.1. The number of hydrogen-bond acceptors (Lipinski definition) is 2. The molecule has 2 unspecified atom stereocenters. The van der Waals surface area contributed by atoms with Gasteiger partial charge in [-0.1, -0.05) is 40.0 Å². The van der Waals surface area contributed by atoms with Crippen molar-refractivity contribution in [2.45, 2.75) is 65.7 Å². The van der Waals surface area contributed by atoms with Crippen LogP contribution in [0.5, 0.6) is 0 Å². The number of nitrogens with two attached hydrogens (primary N) is 1. The largest absolute Gasteiger partial charge is 0.330 e. The van der Waals surface area contributed by atoms with Gasteiger partial charge in [0.1, 0.15) is 0 Å². The molecule has 0 fully saturated rings. The molecular weight excluding hydrogens is 208 g/mol. The monoisotopic (exact) mass is 240 g/mol. The van der Waals surface area contributed by atoms with Gasteiger partial charge in [0, 0.05) is 6.54 Å². The molecule has 0 aliphatic rings. The third-order valence-electron chi connectivity index (χ3n) is 3.51. The summed E-state index contributed by atoms with van der Waals surface area (Å²) < 4.78 is 0. The van der Waals surface area contributed by atoms with Crippen LogP contribution in [-0.4, -0.2) is 19.3 Å². The van der Waals surface area contributed by atoms with Gasteiger partial charge in [0.05, 0.1) is 0 Å². The summed E-state index contributed by atoms with van der Waals surface area (Å²) in [5.41, 5.74) is 5.87. The van der Waals surface area contributed by atoms with E-state index in [0.29, 0.717) is 5.92 Å². The maximum absolute atomic E-state index is 5.87. The van der Waals surface area contributed by atoms with E-state index in [9.17, 15) is 0 Å². The number of nitrogens with zero attached hydrogens (tertiary/aromatic N) is 1. The second-order valence-corrected chi connectivity index (χ2v) is 5.13. The highest BCUT2D eigenvalue weighted by molar-refractivity contribution is 5.56. The van der Waals surface area contributed by atoms with Crippen LogP contribution in [0, 0.1) is 11.8 Å². The van der Waals surface area contributed by atoms with Crippen molar-refractivity contribution in [3.05, 3.63) is 0 Å². The Hall–Kier alpha value is -0.370. The van der Waals surface area contributed by atoms with E-state index in [1.165, 1.54) is 32.1 Å². The molecule has 102 valence electrons. The molecule has 2 atom stereocenters. The molecule has 0 aromatic heterocycles.